The molecule has 0 amide bonds. The maximum absolute atomic E-state index is 14.0. The molecule has 1 atom stereocenters. The van der Waals surface area contributed by atoms with E-state index in [0.29, 0.717) is 12.0 Å². The second-order valence-corrected chi connectivity index (χ2v) is 5.74. The van der Waals surface area contributed by atoms with E-state index in [0.717, 1.165) is 28.8 Å². The molecule has 3 nitrogen and oxygen atoms in total. The molecule has 0 fully saturated rings. The monoisotopic (exact) mass is 353 g/mol. The average Bonchev–Trinajstić information content (AvgIpc) is 2.81. The van der Waals surface area contributed by atoms with E-state index in [9.17, 15) is 4.39 Å². The van der Waals surface area contributed by atoms with E-state index in [1.165, 1.54) is 6.07 Å². The van der Waals surface area contributed by atoms with Crippen LogP contribution in [0.2, 0.25) is 0 Å². The maximum Gasteiger partial charge on any atom is 0.127 e. The van der Waals surface area contributed by atoms with Crippen LogP contribution in [0.15, 0.2) is 28.7 Å². The number of aryl methyl sites for hydroxylation is 2. The summed E-state index contributed by atoms with van der Waals surface area (Å²) in [6, 6.07) is 6.84. The topological polar surface area (TPSA) is 29.9 Å². The van der Waals surface area contributed by atoms with Crippen molar-refractivity contribution in [3.8, 4) is 0 Å². The number of nitrogens with one attached hydrogen (secondary N) is 1. The predicted molar refractivity (Wildman–Crippen MR) is 86.9 cm³/mol. The van der Waals surface area contributed by atoms with E-state index in [1.807, 2.05) is 23.9 Å². The Morgan fingerprint density at radius 1 is 1.33 bits per heavy atom. The van der Waals surface area contributed by atoms with Crippen molar-refractivity contribution in [1.29, 1.82) is 0 Å². The number of hydrogen-bond donors (Lipinski definition) is 1. The van der Waals surface area contributed by atoms with Crippen molar-refractivity contribution >= 4 is 15.9 Å². The van der Waals surface area contributed by atoms with Crippen LogP contribution >= 0.6 is 15.9 Å². The van der Waals surface area contributed by atoms with E-state index in [-0.39, 0.29) is 11.9 Å². The van der Waals surface area contributed by atoms with Crippen LogP contribution in [-0.4, -0.2) is 16.8 Å². The highest BCUT2D eigenvalue weighted by molar-refractivity contribution is 9.10. The van der Waals surface area contributed by atoms with Gasteiger partial charge in [-0.05, 0) is 42.4 Å². The lowest BCUT2D eigenvalue weighted by Crippen LogP contribution is -2.21. The Kier molecular flexibility index (Phi) is 5.53. The van der Waals surface area contributed by atoms with Gasteiger partial charge in [-0.3, -0.25) is 4.68 Å². The number of benzene rings is 1. The molecule has 0 aliphatic heterocycles. The van der Waals surface area contributed by atoms with Crippen molar-refractivity contribution in [2.75, 3.05) is 7.05 Å². The minimum atomic E-state index is -0.175. The van der Waals surface area contributed by atoms with Gasteiger partial charge in [-0.1, -0.05) is 25.1 Å². The van der Waals surface area contributed by atoms with Gasteiger partial charge in [0.25, 0.3) is 0 Å². The summed E-state index contributed by atoms with van der Waals surface area (Å²) in [6.45, 7) is 4.96. The highest BCUT2D eigenvalue weighted by atomic mass is 79.9. The lowest BCUT2D eigenvalue weighted by atomic mass is 10.0. The SMILES string of the molecule is CCc1nn(CC)c(CC(NC)c2ccccc2F)c1Br. The van der Waals surface area contributed by atoms with Gasteiger partial charge in [0.15, 0.2) is 0 Å². The summed E-state index contributed by atoms with van der Waals surface area (Å²) in [5.74, 6) is -0.175. The molecule has 0 aliphatic carbocycles. The van der Waals surface area contributed by atoms with Crippen molar-refractivity contribution in [1.82, 2.24) is 15.1 Å². The fourth-order valence-corrected chi connectivity index (χ4v) is 3.26. The van der Waals surface area contributed by atoms with Crippen molar-refractivity contribution in [2.24, 2.45) is 0 Å². The molecular formula is C16H21BrFN3. The minimum Gasteiger partial charge on any atom is -0.313 e. The lowest BCUT2D eigenvalue weighted by Gasteiger charge is -2.18. The molecule has 1 N–H and O–H groups in total. The first-order valence-electron chi connectivity index (χ1n) is 7.28. The van der Waals surface area contributed by atoms with Gasteiger partial charge in [0.2, 0.25) is 0 Å². The van der Waals surface area contributed by atoms with Crippen LogP contribution in [0.5, 0.6) is 0 Å². The Morgan fingerprint density at radius 2 is 2.05 bits per heavy atom. The number of hydrogen-bond acceptors (Lipinski definition) is 2. The first kappa shape index (κ1) is 16.2. The van der Waals surface area contributed by atoms with Crippen molar-refractivity contribution < 1.29 is 4.39 Å². The minimum absolute atomic E-state index is 0.0748. The van der Waals surface area contributed by atoms with E-state index < -0.39 is 0 Å². The largest absolute Gasteiger partial charge is 0.313 e. The van der Waals surface area contributed by atoms with Crippen molar-refractivity contribution in [2.45, 2.75) is 39.3 Å². The van der Waals surface area contributed by atoms with E-state index in [1.54, 1.807) is 6.07 Å². The van der Waals surface area contributed by atoms with Crippen LogP contribution in [0, 0.1) is 5.82 Å². The van der Waals surface area contributed by atoms with Crippen LogP contribution < -0.4 is 5.32 Å². The Morgan fingerprint density at radius 3 is 2.62 bits per heavy atom. The molecule has 2 rings (SSSR count). The Balaban J connectivity index is 2.35. The number of nitrogens with zero attached hydrogens (tertiary/aromatic N) is 2. The van der Waals surface area contributed by atoms with Gasteiger partial charge in [0, 0.05) is 24.6 Å². The molecule has 1 heterocycles. The Hall–Kier alpha value is -1.20. The number of halogens is 2. The van der Waals surface area contributed by atoms with Gasteiger partial charge in [-0.25, -0.2) is 4.39 Å². The summed E-state index contributed by atoms with van der Waals surface area (Å²) in [7, 11) is 1.86. The fraction of sp³-hybridized carbons (Fsp3) is 0.438. The average molecular weight is 354 g/mol. The molecule has 5 heteroatoms. The van der Waals surface area contributed by atoms with Crippen LogP contribution in [0.1, 0.15) is 36.8 Å². The van der Waals surface area contributed by atoms with Gasteiger partial charge in [-0.2, -0.15) is 5.10 Å². The fourth-order valence-electron chi connectivity index (χ4n) is 2.53. The third kappa shape index (κ3) is 3.35. The molecule has 0 aliphatic rings. The molecule has 0 saturated carbocycles. The smallest absolute Gasteiger partial charge is 0.127 e. The van der Waals surface area contributed by atoms with Gasteiger partial charge in [0.1, 0.15) is 5.82 Å². The van der Waals surface area contributed by atoms with E-state index in [2.05, 4.69) is 40.2 Å². The molecule has 0 spiro atoms. The molecule has 21 heavy (non-hydrogen) atoms. The Labute approximate surface area is 133 Å². The number of likely N-dealkylation sites (N-methyl/N-ethyl adjacent to an activating group) is 1. The zero-order valence-corrected chi connectivity index (χ0v) is 14.2. The molecule has 114 valence electrons. The van der Waals surface area contributed by atoms with E-state index in [4.69, 9.17) is 0 Å². The first-order valence-corrected chi connectivity index (χ1v) is 8.07. The van der Waals surface area contributed by atoms with Crippen LogP contribution in [0.3, 0.4) is 0 Å². The second kappa shape index (κ2) is 7.18. The molecule has 1 aromatic heterocycles. The summed E-state index contributed by atoms with van der Waals surface area (Å²) in [4.78, 5) is 0. The summed E-state index contributed by atoms with van der Waals surface area (Å²) >= 11 is 3.65. The molecule has 0 bridgehead atoms. The van der Waals surface area contributed by atoms with Crippen LogP contribution in [0.25, 0.3) is 0 Å². The van der Waals surface area contributed by atoms with Crippen molar-refractivity contribution in [3.63, 3.8) is 0 Å². The molecule has 1 aromatic carbocycles. The van der Waals surface area contributed by atoms with Gasteiger partial charge in [-0.15, -0.1) is 0 Å². The molecule has 1 unspecified atom stereocenters. The highest BCUT2D eigenvalue weighted by Crippen LogP contribution is 2.28. The van der Waals surface area contributed by atoms with Gasteiger partial charge >= 0.3 is 0 Å². The predicted octanol–water partition coefficient (Wildman–Crippen LogP) is 3.87. The summed E-state index contributed by atoms with van der Waals surface area (Å²) in [5, 5.41) is 7.81. The normalized spacial score (nSPS) is 12.6. The Bertz CT molecular complexity index is 610. The van der Waals surface area contributed by atoms with E-state index >= 15 is 0 Å². The second-order valence-electron chi connectivity index (χ2n) is 4.94. The van der Waals surface area contributed by atoms with Gasteiger partial charge in [0.05, 0.1) is 15.9 Å². The quantitative estimate of drug-likeness (QED) is 0.854. The third-order valence-corrected chi connectivity index (χ3v) is 4.64. The molecule has 2 aromatic rings. The molecular weight excluding hydrogens is 333 g/mol. The summed E-state index contributed by atoms with van der Waals surface area (Å²) in [6.07, 6.45) is 1.57. The zero-order chi connectivity index (χ0) is 15.4. The summed E-state index contributed by atoms with van der Waals surface area (Å²) in [5.41, 5.74) is 2.85. The molecule has 0 radical (unpaired) electrons. The van der Waals surface area contributed by atoms with Gasteiger partial charge < -0.3 is 5.32 Å². The summed E-state index contributed by atoms with van der Waals surface area (Å²) < 4.78 is 17.0. The molecule has 0 saturated heterocycles. The first-order chi connectivity index (χ1) is 10.1. The maximum atomic E-state index is 14.0. The number of aromatic nitrogens is 2. The zero-order valence-electron chi connectivity index (χ0n) is 12.7. The standard InChI is InChI=1S/C16H21BrFN3/c1-4-13-16(17)15(21(5-2)20-13)10-14(19-3)11-8-6-7-9-12(11)18/h6-9,14,19H,4-5,10H2,1-3H3. The third-order valence-electron chi connectivity index (χ3n) is 3.72. The number of rotatable bonds is 6. The van der Waals surface area contributed by atoms with Crippen molar-refractivity contribution in [3.05, 3.63) is 51.5 Å². The van der Waals surface area contributed by atoms with Crippen LogP contribution in [-0.2, 0) is 19.4 Å². The van der Waals surface area contributed by atoms with Crippen LogP contribution in [0.4, 0.5) is 4.39 Å². The highest BCUT2D eigenvalue weighted by Gasteiger charge is 2.20. The lowest BCUT2D eigenvalue weighted by molar-refractivity contribution is 0.509.